The third-order valence-electron chi connectivity index (χ3n) is 8.08. The molecule has 2 aromatic rings. The Kier molecular flexibility index (Phi) is 33.1. The van der Waals surface area contributed by atoms with E-state index in [9.17, 15) is 0 Å². The number of nitrogens with two attached hydrogens (primary N) is 1. The first-order chi connectivity index (χ1) is 19.8. The number of carbonyl (C=O) groups is 1. The number of rotatable bonds is 10. The van der Waals surface area contributed by atoms with E-state index in [1.54, 1.807) is 0 Å². The van der Waals surface area contributed by atoms with E-state index in [1.807, 2.05) is 24.1 Å². The molecule has 0 fully saturated rings. The summed E-state index contributed by atoms with van der Waals surface area (Å²) in [6, 6.07) is 12.9. The first-order valence-corrected chi connectivity index (χ1v) is 22.8. The molecule has 0 saturated carbocycles. The zero-order valence-electron chi connectivity index (χ0n) is 32.4. The molecule has 0 radical (unpaired) electrons. The van der Waals surface area contributed by atoms with Gasteiger partial charge in [-0.25, -0.2) is 0 Å². The number of nitrogen functional groups attached to an aromatic ring is 1. The average Bonchev–Trinajstić information content (AvgIpc) is 2.94. The van der Waals surface area contributed by atoms with Crippen LogP contribution in [0.25, 0.3) is 0 Å². The molecule has 45 heavy (non-hydrogen) atoms. The summed E-state index contributed by atoms with van der Waals surface area (Å²) in [6.45, 7) is 28.3. The fraction of sp³-hybridized carbons (Fsp3) is 0.606. The summed E-state index contributed by atoms with van der Waals surface area (Å²) in [5, 5.41) is 12.2. The average molecular weight is 1010 g/mol. The smallest absolute Gasteiger partial charge is 1.00 e. The Labute approximate surface area is 411 Å². The van der Waals surface area contributed by atoms with Crippen LogP contribution in [0.4, 0.5) is 11.4 Å². The van der Waals surface area contributed by atoms with Gasteiger partial charge < -0.3 is 31.5 Å². The Morgan fingerprint density at radius 2 is 1.09 bits per heavy atom. The normalized spacial score (nSPS) is 11.0. The monoisotopic (exact) mass is 1010 g/mol. The number of benzene rings is 2. The Morgan fingerprint density at radius 1 is 0.778 bits per heavy atom. The van der Waals surface area contributed by atoms with Crippen LogP contribution in [0.1, 0.15) is 79.1 Å². The molecule has 250 valence electrons. The fourth-order valence-electron chi connectivity index (χ4n) is 3.23. The summed E-state index contributed by atoms with van der Waals surface area (Å²) in [4.78, 5) is 13.2. The van der Waals surface area contributed by atoms with Crippen molar-refractivity contribution >= 4 is 57.1 Å². The van der Waals surface area contributed by atoms with Gasteiger partial charge in [-0.3, -0.25) is 4.79 Å². The molecule has 3 N–H and O–H groups in total. The fourth-order valence-corrected chi connectivity index (χ4v) is 5.15. The van der Waals surface area contributed by atoms with E-state index in [4.69, 9.17) is 24.6 Å². The Balaban J connectivity index is -0.000000197. The van der Waals surface area contributed by atoms with Crippen molar-refractivity contribution in [2.45, 2.75) is 118 Å². The van der Waals surface area contributed by atoms with Crippen LogP contribution in [-0.2, 0) is 44.6 Å². The molecule has 0 atom stereocenters. The summed E-state index contributed by atoms with van der Waals surface area (Å²) in [7, 11) is -1.37. The summed E-state index contributed by atoms with van der Waals surface area (Å²) in [5.74, 6) is 0. The van der Waals surface area contributed by atoms with Crippen molar-refractivity contribution in [3.8, 4) is 0 Å². The van der Waals surface area contributed by atoms with Crippen LogP contribution in [0.5, 0.6) is 0 Å². The van der Waals surface area contributed by atoms with Crippen LogP contribution in [0.2, 0.25) is 36.3 Å². The van der Waals surface area contributed by atoms with E-state index in [1.165, 1.54) is 27.9 Å². The number of hydrogen-bond acceptors (Lipinski definition) is 7. The van der Waals surface area contributed by atoms with E-state index >= 15 is 0 Å². The molecule has 0 aliphatic heterocycles. The topological polar surface area (TPSA) is 106 Å². The van der Waals surface area contributed by atoms with Gasteiger partial charge in [-0.05, 0) is 101 Å². The summed E-state index contributed by atoms with van der Waals surface area (Å²) in [6.07, 6.45) is 2.07. The van der Waals surface area contributed by atoms with Gasteiger partial charge in [-0.1, -0.05) is 90.1 Å². The van der Waals surface area contributed by atoms with Crippen molar-refractivity contribution in [3.63, 3.8) is 0 Å². The molecule has 0 aromatic heterocycles. The van der Waals surface area contributed by atoms with Gasteiger partial charge in [0, 0.05) is 18.4 Å². The van der Waals surface area contributed by atoms with Crippen LogP contribution in [0, 0.1) is 0 Å². The van der Waals surface area contributed by atoms with Gasteiger partial charge in [0.2, 0.25) is 0 Å². The summed E-state index contributed by atoms with van der Waals surface area (Å²) in [5.41, 5.74) is 13.0. The van der Waals surface area contributed by atoms with Gasteiger partial charge in [0.25, 0.3) is 6.47 Å². The molecule has 0 heterocycles. The van der Waals surface area contributed by atoms with Gasteiger partial charge in [0.15, 0.2) is 16.6 Å². The van der Waals surface area contributed by atoms with Crippen molar-refractivity contribution < 1.29 is 163 Å². The van der Waals surface area contributed by atoms with Crippen molar-refractivity contribution in [2.75, 3.05) is 23.0 Å². The SMILES string of the molecule is CCc1cc(CO[Si](C)(C)C(C)(C)C)cc(NC)c1.CCc1cc(N)cc(CO[Si](C)(C)C(C)(C)C)c1.CI.O=CO[O-].[Cs+].[Cs+].[H-]. The Hall–Kier alpha value is 2.66. The molecule has 0 bridgehead atoms. The Bertz CT molecular complexity index is 1060. The molecule has 12 heteroatoms. The molecule has 0 amide bonds. The van der Waals surface area contributed by atoms with Crippen molar-refractivity contribution in [3.05, 3.63) is 58.7 Å². The number of nitrogens with one attached hydrogen (secondary N) is 1. The number of alkyl halides is 1. The van der Waals surface area contributed by atoms with Gasteiger partial charge in [-0.15, -0.1) is 0 Å². The molecule has 0 spiro atoms. The van der Waals surface area contributed by atoms with E-state index in [2.05, 4.69) is 139 Å². The zero-order chi connectivity index (χ0) is 34.1. The van der Waals surface area contributed by atoms with Crippen LogP contribution < -0.4 is 154 Å². The molecule has 7 nitrogen and oxygen atoms in total. The summed E-state index contributed by atoms with van der Waals surface area (Å²) < 4.78 is 12.5. The van der Waals surface area contributed by atoms with Crippen molar-refractivity contribution in [1.82, 2.24) is 0 Å². The maximum atomic E-state index is 8.64. The molecular weight excluding hydrogens is 953 g/mol. The third-order valence-corrected chi connectivity index (χ3v) is 17.0. The predicted octanol–water partition coefficient (Wildman–Crippen LogP) is 2.77. The van der Waals surface area contributed by atoms with E-state index < -0.39 is 16.6 Å². The van der Waals surface area contributed by atoms with Gasteiger partial charge in [-0.2, -0.15) is 0 Å². The van der Waals surface area contributed by atoms with Crippen molar-refractivity contribution in [1.29, 1.82) is 0 Å². The minimum atomic E-state index is -1.67. The first-order valence-electron chi connectivity index (χ1n) is 14.8. The predicted molar refractivity (Wildman–Crippen MR) is 198 cm³/mol. The van der Waals surface area contributed by atoms with Gasteiger partial charge >= 0.3 is 138 Å². The minimum absolute atomic E-state index is 0. The van der Waals surface area contributed by atoms with Crippen LogP contribution in [0.15, 0.2) is 36.4 Å². The van der Waals surface area contributed by atoms with Gasteiger partial charge in [0.05, 0.1) is 13.2 Å². The Morgan fingerprint density at radius 3 is 1.40 bits per heavy atom. The number of anilines is 2. The number of aryl methyl sites for hydroxylation is 2. The quantitative estimate of drug-likeness (QED) is 0.0719. The first kappa shape index (κ1) is 54.4. The van der Waals surface area contributed by atoms with E-state index in [-0.39, 0.29) is 156 Å². The standard InChI is InChI=1S/C16H29NOSi.C15H27NOSi.CH3I.CH2O3.2Cs.H/c1-8-13-9-14(11-15(10-13)17-5)12-18-19(6,7)16(2,3)4;1-7-12-8-13(10-14(16)9-12)11-17-18(5,6)15(2,3)4;1-2;2-1-4-3;;;/h9-11,17H,8,12H2,1-7H3;8-10H,7,11,16H2,1-6H3;1H3;1,3H;;;/q;;;;2*+1;-1/p-1. The minimum Gasteiger partial charge on any atom is -1.00 e. The van der Waals surface area contributed by atoms with Gasteiger partial charge in [0.1, 0.15) is 0 Å². The molecule has 0 aliphatic rings. The second-order valence-electron chi connectivity index (χ2n) is 13.4. The van der Waals surface area contributed by atoms with E-state index in [0.717, 1.165) is 25.1 Å². The van der Waals surface area contributed by atoms with Crippen LogP contribution in [-0.4, -0.2) is 35.1 Å². The maximum Gasteiger partial charge on any atom is 1.00 e. The second kappa shape index (κ2) is 27.3. The molecule has 2 rings (SSSR count). The van der Waals surface area contributed by atoms with Crippen molar-refractivity contribution in [2.24, 2.45) is 0 Å². The maximum absolute atomic E-state index is 8.64. The largest absolute Gasteiger partial charge is 1.00 e. The number of hydrogen-bond donors (Lipinski definition) is 2. The van der Waals surface area contributed by atoms with E-state index in [0.29, 0.717) is 6.61 Å². The van der Waals surface area contributed by atoms with Crippen LogP contribution >= 0.6 is 22.6 Å². The molecule has 0 aliphatic carbocycles. The summed E-state index contributed by atoms with van der Waals surface area (Å²) >= 11 is 2.15. The zero-order valence-corrected chi connectivity index (χ0v) is 48.1. The number of carbonyl (C=O) groups excluding carboxylic acids is 1. The molecule has 0 saturated heterocycles. The second-order valence-corrected chi connectivity index (χ2v) is 23.0. The number of halogens is 1. The van der Waals surface area contributed by atoms with Crippen LogP contribution in [0.3, 0.4) is 0 Å². The molecule has 2 aromatic carbocycles. The molecular formula is C33H61Cs2IN2O5Si2. The molecule has 0 unspecified atom stereocenters. The third kappa shape index (κ3) is 23.0.